The number of carbonyl (C=O) groups is 1. The van der Waals surface area contributed by atoms with Gasteiger partial charge in [0, 0.05) is 26.7 Å². The van der Waals surface area contributed by atoms with Crippen LogP contribution in [-0.2, 0) is 9.47 Å². The Morgan fingerprint density at radius 2 is 1.77 bits per heavy atom. The summed E-state index contributed by atoms with van der Waals surface area (Å²) in [5.41, 5.74) is -1.02. The number of guanidine groups is 1. The van der Waals surface area contributed by atoms with E-state index < -0.39 is 17.2 Å². The van der Waals surface area contributed by atoms with Gasteiger partial charge in [-0.25, -0.2) is 4.79 Å². The van der Waals surface area contributed by atoms with Crippen LogP contribution < -0.4 is 16.0 Å². The number of carbonyl (C=O) groups excluding carboxylic acids is 1. The summed E-state index contributed by atoms with van der Waals surface area (Å²) in [5.74, 6) is 1.43. The maximum atomic E-state index is 12.0. The quantitative estimate of drug-likeness (QED) is 0.237. The van der Waals surface area contributed by atoms with Gasteiger partial charge in [-0.3, -0.25) is 4.99 Å². The minimum atomic E-state index is -0.515. The van der Waals surface area contributed by atoms with Gasteiger partial charge >= 0.3 is 6.09 Å². The molecule has 0 aromatic rings. The summed E-state index contributed by atoms with van der Waals surface area (Å²) in [6.45, 7) is 17.7. The molecule has 1 saturated heterocycles. The molecule has 0 spiro atoms. The minimum absolute atomic E-state index is 0. The van der Waals surface area contributed by atoms with E-state index in [0.29, 0.717) is 12.5 Å². The molecule has 0 bridgehead atoms. The van der Waals surface area contributed by atoms with E-state index in [0.717, 1.165) is 45.3 Å². The Morgan fingerprint density at radius 1 is 1.13 bits per heavy atom. The first kappa shape index (κ1) is 29.2. The zero-order chi connectivity index (χ0) is 21.9. The maximum Gasteiger partial charge on any atom is 0.408 e. The number of likely N-dealkylation sites (tertiary alicyclic amines) is 1. The molecular formula is C21H44IN5O3. The second-order valence-electron chi connectivity index (χ2n) is 9.36. The Kier molecular flexibility index (Phi) is 13.9. The Balaban J connectivity index is 0.00000841. The number of nitrogens with one attached hydrogen (secondary N) is 3. The molecule has 1 aliphatic heterocycles. The van der Waals surface area contributed by atoms with Gasteiger partial charge in [-0.15, -0.1) is 24.0 Å². The second kappa shape index (κ2) is 14.3. The molecule has 1 rings (SSSR count). The molecule has 1 aliphatic rings. The highest BCUT2D eigenvalue weighted by Crippen LogP contribution is 2.16. The molecule has 178 valence electrons. The molecule has 8 nitrogen and oxygen atoms in total. The van der Waals surface area contributed by atoms with E-state index in [1.807, 2.05) is 34.6 Å². The SMILES string of the molecule is CCNC(=NCC(C)(C)NC(=O)OC(C)(C)C)NCC1CCN(CCOC)CC1.I. The summed E-state index contributed by atoms with van der Waals surface area (Å²) >= 11 is 0. The number of methoxy groups -OCH3 is 1. The third-order valence-electron chi connectivity index (χ3n) is 4.69. The summed E-state index contributed by atoms with van der Waals surface area (Å²) in [7, 11) is 1.75. The van der Waals surface area contributed by atoms with Crippen LogP contribution in [0.1, 0.15) is 54.4 Å². The third kappa shape index (κ3) is 13.5. The molecule has 0 unspecified atom stereocenters. The Morgan fingerprint density at radius 3 is 2.30 bits per heavy atom. The van der Waals surface area contributed by atoms with Crippen LogP contribution in [0.15, 0.2) is 4.99 Å². The fourth-order valence-electron chi connectivity index (χ4n) is 3.11. The fraction of sp³-hybridized carbons (Fsp3) is 0.905. The Labute approximate surface area is 200 Å². The first-order chi connectivity index (χ1) is 13.5. The van der Waals surface area contributed by atoms with Crippen LogP contribution in [0.5, 0.6) is 0 Å². The molecule has 0 atom stereocenters. The average molecular weight is 542 g/mol. The number of aliphatic imine (C=N–C) groups is 1. The van der Waals surface area contributed by atoms with Crippen molar-refractivity contribution in [1.29, 1.82) is 0 Å². The zero-order valence-corrected chi connectivity index (χ0v) is 22.3. The lowest BCUT2D eigenvalue weighted by atomic mass is 9.97. The zero-order valence-electron chi connectivity index (χ0n) is 20.0. The van der Waals surface area contributed by atoms with Crippen LogP contribution in [-0.4, -0.2) is 81.1 Å². The summed E-state index contributed by atoms with van der Waals surface area (Å²) in [6, 6.07) is 0. The van der Waals surface area contributed by atoms with Gasteiger partial charge < -0.3 is 30.3 Å². The molecule has 0 aromatic carbocycles. The number of nitrogens with zero attached hydrogens (tertiary/aromatic N) is 2. The highest BCUT2D eigenvalue weighted by Gasteiger charge is 2.25. The van der Waals surface area contributed by atoms with Crippen LogP contribution in [0.4, 0.5) is 4.79 Å². The van der Waals surface area contributed by atoms with Crippen molar-refractivity contribution in [3.05, 3.63) is 0 Å². The third-order valence-corrected chi connectivity index (χ3v) is 4.69. The number of hydrogen-bond acceptors (Lipinski definition) is 5. The number of piperidine rings is 1. The maximum absolute atomic E-state index is 12.0. The summed E-state index contributed by atoms with van der Waals surface area (Å²) in [5, 5.41) is 9.65. The molecular weight excluding hydrogens is 497 g/mol. The minimum Gasteiger partial charge on any atom is -0.444 e. The predicted molar refractivity (Wildman–Crippen MR) is 134 cm³/mol. The lowest BCUT2D eigenvalue weighted by Crippen LogP contribution is -2.49. The molecule has 9 heteroatoms. The summed E-state index contributed by atoms with van der Waals surface area (Å²) < 4.78 is 10.5. The largest absolute Gasteiger partial charge is 0.444 e. The van der Waals surface area contributed by atoms with E-state index >= 15 is 0 Å². The lowest BCUT2D eigenvalue weighted by Gasteiger charge is -2.32. The van der Waals surface area contributed by atoms with Gasteiger partial charge in [-0.2, -0.15) is 0 Å². The Hall–Kier alpha value is -0.810. The number of amides is 1. The number of hydrogen-bond donors (Lipinski definition) is 3. The van der Waals surface area contributed by atoms with Gasteiger partial charge in [-0.05, 0) is 73.4 Å². The van der Waals surface area contributed by atoms with Crippen LogP contribution >= 0.6 is 24.0 Å². The van der Waals surface area contributed by atoms with Crippen LogP contribution in [0.25, 0.3) is 0 Å². The van der Waals surface area contributed by atoms with E-state index in [9.17, 15) is 4.79 Å². The standard InChI is InChI=1S/C21H43N5O3.HI/c1-8-22-18(23-15-17-9-11-26(12-10-17)13-14-28-7)24-16-21(5,6)25-19(27)29-20(2,3)4;/h17H,8-16H2,1-7H3,(H,25,27)(H2,22,23,24);1H. The van der Waals surface area contributed by atoms with Gasteiger partial charge in [0.1, 0.15) is 5.60 Å². The van der Waals surface area contributed by atoms with Crippen molar-refractivity contribution < 1.29 is 14.3 Å². The monoisotopic (exact) mass is 541 g/mol. The van der Waals surface area contributed by atoms with Crippen molar-refractivity contribution in [1.82, 2.24) is 20.9 Å². The smallest absolute Gasteiger partial charge is 0.408 e. The van der Waals surface area contributed by atoms with Gasteiger partial charge in [-0.1, -0.05) is 0 Å². The summed E-state index contributed by atoms with van der Waals surface area (Å²) in [4.78, 5) is 19.2. The average Bonchev–Trinajstić information content (AvgIpc) is 2.61. The first-order valence-electron chi connectivity index (χ1n) is 10.8. The second-order valence-corrected chi connectivity index (χ2v) is 9.36. The van der Waals surface area contributed by atoms with Gasteiger partial charge in [0.05, 0.1) is 18.7 Å². The first-order valence-corrected chi connectivity index (χ1v) is 10.8. The predicted octanol–water partition coefficient (Wildman–Crippen LogP) is 2.82. The molecule has 3 N–H and O–H groups in total. The molecule has 1 heterocycles. The molecule has 0 saturated carbocycles. The highest BCUT2D eigenvalue weighted by molar-refractivity contribution is 14.0. The Bertz CT molecular complexity index is 515. The van der Waals surface area contributed by atoms with Gasteiger partial charge in [0.2, 0.25) is 0 Å². The van der Waals surface area contributed by atoms with Crippen LogP contribution in [0.3, 0.4) is 0 Å². The molecule has 0 aromatic heterocycles. The van der Waals surface area contributed by atoms with Gasteiger partial charge in [0.25, 0.3) is 0 Å². The number of ether oxygens (including phenoxy) is 2. The molecule has 1 fully saturated rings. The number of rotatable bonds is 9. The molecule has 0 radical (unpaired) electrons. The van der Waals surface area contributed by atoms with E-state index in [1.165, 1.54) is 12.8 Å². The van der Waals surface area contributed by atoms with E-state index in [1.54, 1.807) is 7.11 Å². The molecule has 30 heavy (non-hydrogen) atoms. The summed E-state index contributed by atoms with van der Waals surface area (Å²) in [6.07, 6.45) is 1.94. The highest BCUT2D eigenvalue weighted by atomic mass is 127. The van der Waals surface area contributed by atoms with Crippen LogP contribution in [0.2, 0.25) is 0 Å². The normalized spacial score (nSPS) is 16.6. The van der Waals surface area contributed by atoms with E-state index in [-0.39, 0.29) is 24.0 Å². The van der Waals surface area contributed by atoms with E-state index in [4.69, 9.17) is 9.47 Å². The van der Waals surface area contributed by atoms with Gasteiger partial charge in [0.15, 0.2) is 5.96 Å². The van der Waals surface area contributed by atoms with E-state index in [2.05, 4.69) is 32.8 Å². The molecule has 1 amide bonds. The topological polar surface area (TPSA) is 87.2 Å². The van der Waals surface area contributed by atoms with Crippen molar-refractivity contribution in [2.45, 2.75) is 65.5 Å². The van der Waals surface area contributed by atoms with Crippen molar-refractivity contribution in [2.75, 3.05) is 53.0 Å². The number of alkyl carbamates (subject to hydrolysis) is 1. The molecule has 0 aliphatic carbocycles. The van der Waals surface area contributed by atoms with Crippen molar-refractivity contribution in [3.63, 3.8) is 0 Å². The van der Waals surface area contributed by atoms with Crippen molar-refractivity contribution in [2.24, 2.45) is 10.9 Å². The van der Waals surface area contributed by atoms with Crippen molar-refractivity contribution >= 4 is 36.0 Å². The lowest BCUT2D eigenvalue weighted by molar-refractivity contribution is 0.0476. The van der Waals surface area contributed by atoms with Crippen LogP contribution in [0, 0.1) is 5.92 Å². The van der Waals surface area contributed by atoms with Crippen molar-refractivity contribution in [3.8, 4) is 0 Å². The fourth-order valence-corrected chi connectivity index (χ4v) is 3.11. The number of halogens is 1.